The van der Waals surface area contributed by atoms with Crippen LogP contribution in [0.4, 0.5) is 10.5 Å². The molecule has 2 N–H and O–H groups in total. The molecule has 2 heterocycles. The Bertz CT molecular complexity index is 1070. The van der Waals surface area contributed by atoms with Gasteiger partial charge in [-0.05, 0) is 51.0 Å². The summed E-state index contributed by atoms with van der Waals surface area (Å²) in [5, 5.41) is 13.8. The quantitative estimate of drug-likeness (QED) is 0.536. The van der Waals surface area contributed by atoms with Crippen LogP contribution in [-0.4, -0.2) is 36.9 Å². The number of anilines is 1. The molecule has 3 rings (SSSR count). The fraction of sp³-hybridized carbons (Fsp3) is 0.318. The number of imide groups is 1. The van der Waals surface area contributed by atoms with Gasteiger partial charge in [0.15, 0.2) is 11.0 Å². The third-order valence-corrected chi connectivity index (χ3v) is 5.70. The maximum Gasteiger partial charge on any atom is 0.325 e. The van der Waals surface area contributed by atoms with Crippen LogP contribution in [-0.2, 0) is 11.3 Å². The van der Waals surface area contributed by atoms with E-state index in [1.807, 2.05) is 48.7 Å². The van der Waals surface area contributed by atoms with Crippen LogP contribution in [0.5, 0.6) is 0 Å². The molecule has 3 aromatic rings. The van der Waals surface area contributed by atoms with E-state index in [0.29, 0.717) is 17.4 Å². The Hall–Kier alpha value is -3.20. The average Bonchev–Trinajstić information content (AvgIpc) is 3.13. The standard InChI is InChI=1S/C22H26N6O2S/c1-5-12-28-19(17-8-10-23-11-9-17)26-27-22(28)31-16(4)20(29)25-21(30)24-18-7-6-14(2)13-15(18)3/h6-11,13,16H,5,12H2,1-4H3,(H2,24,25,29,30). The van der Waals surface area contributed by atoms with Crippen LogP contribution in [0.15, 0.2) is 47.9 Å². The summed E-state index contributed by atoms with van der Waals surface area (Å²) in [6, 6.07) is 8.88. The molecule has 1 atom stereocenters. The molecular formula is C22H26N6O2S. The van der Waals surface area contributed by atoms with Crippen LogP contribution in [0, 0.1) is 13.8 Å². The number of urea groups is 1. The molecule has 8 nitrogen and oxygen atoms in total. The highest BCUT2D eigenvalue weighted by molar-refractivity contribution is 8.00. The molecular weight excluding hydrogens is 412 g/mol. The molecule has 31 heavy (non-hydrogen) atoms. The zero-order valence-corrected chi connectivity index (χ0v) is 18.9. The van der Waals surface area contributed by atoms with Crippen molar-refractivity contribution < 1.29 is 9.59 Å². The molecule has 1 unspecified atom stereocenters. The highest BCUT2D eigenvalue weighted by Crippen LogP contribution is 2.27. The second kappa shape index (κ2) is 10.2. The van der Waals surface area contributed by atoms with Gasteiger partial charge in [0.05, 0.1) is 5.25 Å². The van der Waals surface area contributed by atoms with Crippen LogP contribution in [0.25, 0.3) is 11.4 Å². The van der Waals surface area contributed by atoms with E-state index in [1.165, 1.54) is 11.8 Å². The number of amides is 3. The number of thioether (sulfide) groups is 1. The number of nitrogens with one attached hydrogen (secondary N) is 2. The number of aryl methyl sites for hydroxylation is 2. The maximum absolute atomic E-state index is 12.6. The highest BCUT2D eigenvalue weighted by atomic mass is 32.2. The summed E-state index contributed by atoms with van der Waals surface area (Å²) in [6.45, 7) is 8.41. The van der Waals surface area contributed by atoms with E-state index in [1.54, 1.807) is 19.3 Å². The van der Waals surface area contributed by atoms with Crippen molar-refractivity contribution in [1.29, 1.82) is 0 Å². The number of benzene rings is 1. The van der Waals surface area contributed by atoms with Crippen molar-refractivity contribution in [1.82, 2.24) is 25.1 Å². The van der Waals surface area contributed by atoms with E-state index in [0.717, 1.165) is 28.9 Å². The van der Waals surface area contributed by atoms with Gasteiger partial charge in [-0.15, -0.1) is 10.2 Å². The number of carbonyl (C=O) groups excluding carboxylic acids is 2. The van der Waals surface area contributed by atoms with Gasteiger partial charge in [0.1, 0.15) is 0 Å². The average molecular weight is 439 g/mol. The summed E-state index contributed by atoms with van der Waals surface area (Å²) in [7, 11) is 0. The third-order valence-electron chi connectivity index (χ3n) is 4.62. The Morgan fingerprint density at radius 1 is 1.13 bits per heavy atom. The second-order valence-electron chi connectivity index (χ2n) is 7.22. The first-order valence-electron chi connectivity index (χ1n) is 10.1. The van der Waals surface area contributed by atoms with E-state index in [2.05, 4.69) is 32.7 Å². The summed E-state index contributed by atoms with van der Waals surface area (Å²) in [4.78, 5) is 28.9. The summed E-state index contributed by atoms with van der Waals surface area (Å²) in [5.41, 5.74) is 3.61. The van der Waals surface area contributed by atoms with Crippen molar-refractivity contribution in [3.8, 4) is 11.4 Å². The fourth-order valence-corrected chi connectivity index (χ4v) is 3.92. The fourth-order valence-electron chi connectivity index (χ4n) is 3.05. The summed E-state index contributed by atoms with van der Waals surface area (Å²) in [5.74, 6) is 0.329. The van der Waals surface area contributed by atoms with Crippen molar-refractivity contribution in [2.75, 3.05) is 5.32 Å². The predicted octanol–water partition coefficient (Wildman–Crippen LogP) is 4.20. The van der Waals surface area contributed by atoms with E-state index in [-0.39, 0.29) is 0 Å². The molecule has 0 aliphatic carbocycles. The monoisotopic (exact) mass is 438 g/mol. The molecule has 0 saturated heterocycles. The van der Waals surface area contributed by atoms with Crippen LogP contribution in [0.3, 0.4) is 0 Å². The lowest BCUT2D eigenvalue weighted by atomic mass is 10.1. The molecule has 0 saturated carbocycles. The molecule has 9 heteroatoms. The van der Waals surface area contributed by atoms with Crippen molar-refractivity contribution in [2.24, 2.45) is 0 Å². The van der Waals surface area contributed by atoms with Gasteiger partial charge in [-0.1, -0.05) is 36.4 Å². The number of aromatic nitrogens is 4. The Kier molecular flexibility index (Phi) is 7.41. The number of rotatable bonds is 7. The number of carbonyl (C=O) groups is 2. The lowest BCUT2D eigenvalue weighted by Gasteiger charge is -2.14. The molecule has 3 amide bonds. The molecule has 0 aliphatic heterocycles. The number of nitrogens with zero attached hydrogens (tertiary/aromatic N) is 4. The van der Waals surface area contributed by atoms with E-state index < -0.39 is 17.2 Å². The number of pyridine rings is 1. The lowest BCUT2D eigenvalue weighted by molar-refractivity contribution is -0.119. The first-order valence-corrected chi connectivity index (χ1v) is 11.0. The Labute approximate surface area is 185 Å². The molecule has 162 valence electrons. The van der Waals surface area contributed by atoms with Crippen molar-refractivity contribution in [2.45, 2.75) is 51.1 Å². The first-order chi connectivity index (χ1) is 14.9. The van der Waals surface area contributed by atoms with Crippen LogP contribution in [0.2, 0.25) is 0 Å². The van der Waals surface area contributed by atoms with Gasteiger partial charge in [-0.3, -0.25) is 15.1 Å². The van der Waals surface area contributed by atoms with Gasteiger partial charge in [0.25, 0.3) is 0 Å². The topological polar surface area (TPSA) is 102 Å². The van der Waals surface area contributed by atoms with Crippen molar-refractivity contribution in [3.05, 3.63) is 53.9 Å². The predicted molar refractivity (Wildman–Crippen MR) is 122 cm³/mol. The van der Waals surface area contributed by atoms with Crippen molar-refractivity contribution in [3.63, 3.8) is 0 Å². The first kappa shape index (κ1) is 22.5. The SMILES string of the molecule is CCCn1c(SC(C)C(=O)NC(=O)Nc2ccc(C)cc2C)nnc1-c1ccncc1. The molecule has 0 fully saturated rings. The van der Waals surface area contributed by atoms with E-state index in [4.69, 9.17) is 0 Å². The Balaban J connectivity index is 1.66. The minimum atomic E-state index is -0.558. The van der Waals surface area contributed by atoms with Crippen LogP contribution >= 0.6 is 11.8 Å². The summed E-state index contributed by atoms with van der Waals surface area (Å²) >= 11 is 1.27. The Morgan fingerprint density at radius 3 is 2.55 bits per heavy atom. The summed E-state index contributed by atoms with van der Waals surface area (Å²) in [6.07, 6.45) is 4.30. The minimum Gasteiger partial charge on any atom is -0.307 e. The molecule has 2 aromatic heterocycles. The van der Waals surface area contributed by atoms with Gasteiger partial charge in [-0.25, -0.2) is 4.79 Å². The number of hydrogen-bond donors (Lipinski definition) is 2. The molecule has 0 spiro atoms. The van der Waals surface area contributed by atoms with Gasteiger partial charge in [-0.2, -0.15) is 0 Å². The van der Waals surface area contributed by atoms with Gasteiger partial charge < -0.3 is 9.88 Å². The Morgan fingerprint density at radius 2 is 1.87 bits per heavy atom. The van der Waals surface area contributed by atoms with Crippen LogP contribution < -0.4 is 10.6 Å². The lowest BCUT2D eigenvalue weighted by Crippen LogP contribution is -2.39. The minimum absolute atomic E-state index is 0.399. The zero-order valence-electron chi connectivity index (χ0n) is 18.0. The third kappa shape index (κ3) is 5.69. The zero-order chi connectivity index (χ0) is 22.4. The maximum atomic E-state index is 12.6. The smallest absolute Gasteiger partial charge is 0.307 e. The largest absolute Gasteiger partial charge is 0.325 e. The van der Waals surface area contributed by atoms with Crippen LogP contribution in [0.1, 0.15) is 31.4 Å². The molecule has 1 aromatic carbocycles. The van der Waals surface area contributed by atoms with E-state index >= 15 is 0 Å². The molecule has 0 aliphatic rings. The molecule has 0 radical (unpaired) electrons. The molecule has 0 bridgehead atoms. The second-order valence-corrected chi connectivity index (χ2v) is 8.52. The normalized spacial score (nSPS) is 11.7. The van der Waals surface area contributed by atoms with Crippen molar-refractivity contribution >= 4 is 29.4 Å². The van der Waals surface area contributed by atoms with E-state index in [9.17, 15) is 9.59 Å². The summed E-state index contributed by atoms with van der Waals surface area (Å²) < 4.78 is 1.99. The number of hydrogen-bond acceptors (Lipinski definition) is 6. The van der Waals surface area contributed by atoms with Gasteiger partial charge in [0, 0.05) is 30.2 Å². The van der Waals surface area contributed by atoms with Gasteiger partial charge >= 0.3 is 6.03 Å². The highest BCUT2D eigenvalue weighted by Gasteiger charge is 2.22. The van der Waals surface area contributed by atoms with Gasteiger partial charge in [0.2, 0.25) is 5.91 Å².